The molecule has 1 saturated heterocycles. The fraction of sp³-hybridized carbons (Fsp3) is 0.286. The van der Waals surface area contributed by atoms with Crippen molar-refractivity contribution in [2.75, 3.05) is 18.4 Å². The first kappa shape index (κ1) is 18.0. The molecule has 1 aliphatic heterocycles. The lowest BCUT2D eigenvalue weighted by atomic mass is 10.1. The predicted molar refractivity (Wildman–Crippen MR) is 106 cm³/mol. The number of carbonyl (C=O) groups is 1. The first-order valence-electron chi connectivity index (χ1n) is 9.35. The Bertz CT molecular complexity index is 1000. The molecule has 4 rings (SSSR count). The van der Waals surface area contributed by atoms with Crippen LogP contribution in [0, 0.1) is 10.1 Å². The van der Waals surface area contributed by atoms with Crippen LogP contribution in [0.1, 0.15) is 41.9 Å². The van der Waals surface area contributed by atoms with Crippen LogP contribution in [0.4, 0.5) is 11.4 Å². The number of likely N-dealkylation sites (tertiary alicyclic amines) is 1. The second kappa shape index (κ2) is 7.34. The molecule has 2 aromatic carbocycles. The van der Waals surface area contributed by atoms with E-state index in [0.717, 1.165) is 29.6 Å². The van der Waals surface area contributed by atoms with Crippen molar-refractivity contribution in [3.05, 3.63) is 70.0 Å². The van der Waals surface area contributed by atoms with Gasteiger partial charge in [-0.05, 0) is 44.0 Å². The number of nitrogens with one attached hydrogen (secondary N) is 1. The molecule has 0 aliphatic carbocycles. The summed E-state index contributed by atoms with van der Waals surface area (Å²) < 4.78 is 5.88. The van der Waals surface area contributed by atoms with Crippen molar-refractivity contribution in [2.45, 2.75) is 25.8 Å². The third-order valence-electron chi connectivity index (χ3n) is 5.07. The molecule has 7 nitrogen and oxygen atoms in total. The van der Waals surface area contributed by atoms with Gasteiger partial charge in [0.15, 0.2) is 0 Å². The molecular formula is C21H21N3O4. The maximum Gasteiger partial charge on any atom is 0.282 e. The summed E-state index contributed by atoms with van der Waals surface area (Å²) in [5, 5.41) is 15.7. The number of nitrogens with zero attached hydrogens (tertiary/aromatic N) is 2. The third-order valence-corrected chi connectivity index (χ3v) is 5.07. The third kappa shape index (κ3) is 3.43. The number of amides is 1. The highest BCUT2D eigenvalue weighted by Gasteiger charge is 2.27. The molecule has 0 saturated carbocycles. The van der Waals surface area contributed by atoms with E-state index in [-0.39, 0.29) is 23.2 Å². The van der Waals surface area contributed by atoms with E-state index in [9.17, 15) is 14.9 Å². The Morgan fingerprint density at radius 1 is 1.18 bits per heavy atom. The molecule has 0 spiro atoms. The molecule has 1 fully saturated rings. The summed E-state index contributed by atoms with van der Waals surface area (Å²) in [7, 11) is 0. The molecule has 1 aliphatic rings. The van der Waals surface area contributed by atoms with Gasteiger partial charge in [0.2, 0.25) is 0 Å². The quantitative estimate of drug-likeness (QED) is 0.510. The number of anilines is 1. The lowest BCUT2D eigenvalue weighted by Gasteiger charge is -2.17. The van der Waals surface area contributed by atoms with Crippen LogP contribution in [0.15, 0.2) is 52.9 Å². The highest BCUT2D eigenvalue weighted by molar-refractivity contribution is 5.99. The van der Waals surface area contributed by atoms with Gasteiger partial charge in [0.1, 0.15) is 16.9 Å². The van der Waals surface area contributed by atoms with Crippen LogP contribution in [-0.4, -0.2) is 28.8 Å². The molecule has 2 heterocycles. The Kier molecular flexibility index (Phi) is 4.73. The topological polar surface area (TPSA) is 88.6 Å². The first-order valence-corrected chi connectivity index (χ1v) is 9.35. The van der Waals surface area contributed by atoms with Gasteiger partial charge < -0.3 is 14.6 Å². The van der Waals surface area contributed by atoms with E-state index in [2.05, 4.69) is 5.32 Å². The lowest BCUT2D eigenvalue weighted by Crippen LogP contribution is -2.28. The van der Waals surface area contributed by atoms with E-state index in [1.54, 1.807) is 17.0 Å². The summed E-state index contributed by atoms with van der Waals surface area (Å²) in [6, 6.07) is 14.1. The molecule has 7 heteroatoms. The number of carbonyl (C=O) groups excluding carboxylic acids is 1. The molecule has 144 valence electrons. The summed E-state index contributed by atoms with van der Waals surface area (Å²) in [5.74, 6) is 0.469. The van der Waals surface area contributed by atoms with Crippen LogP contribution in [0.2, 0.25) is 0 Å². The molecule has 1 aromatic heterocycles. The Balaban J connectivity index is 1.61. The molecule has 0 radical (unpaired) electrons. The second-order valence-electron chi connectivity index (χ2n) is 7.04. The fourth-order valence-electron chi connectivity index (χ4n) is 3.58. The molecule has 1 unspecified atom stereocenters. The van der Waals surface area contributed by atoms with Gasteiger partial charge in [-0.1, -0.05) is 18.2 Å². The molecule has 1 atom stereocenters. The van der Waals surface area contributed by atoms with E-state index >= 15 is 0 Å². The van der Waals surface area contributed by atoms with E-state index in [0.29, 0.717) is 18.8 Å². The highest BCUT2D eigenvalue weighted by Crippen LogP contribution is 2.29. The average Bonchev–Trinajstić information content (AvgIpc) is 3.37. The smallest absolute Gasteiger partial charge is 0.282 e. The SMILES string of the molecule is CC(Nc1ccc([N+](=O)[O-])c(C(=O)N2CCCC2)c1)c1cc2ccccc2o1. The van der Waals surface area contributed by atoms with Crippen molar-refractivity contribution in [3.63, 3.8) is 0 Å². The number of furan rings is 1. The number of hydrogen-bond donors (Lipinski definition) is 1. The standard InChI is InChI=1S/C21H21N3O4/c1-14(20-12-15-6-2-3-7-19(15)28-20)22-16-8-9-18(24(26)27)17(13-16)21(25)23-10-4-5-11-23/h2-3,6-9,12-14,22H,4-5,10-11H2,1H3. The summed E-state index contributed by atoms with van der Waals surface area (Å²) >= 11 is 0. The van der Waals surface area contributed by atoms with Crippen LogP contribution in [0.3, 0.4) is 0 Å². The van der Waals surface area contributed by atoms with Gasteiger partial charge in [-0.25, -0.2) is 0 Å². The summed E-state index contributed by atoms with van der Waals surface area (Å²) in [6.45, 7) is 3.23. The minimum absolute atomic E-state index is 0.119. The monoisotopic (exact) mass is 379 g/mol. The predicted octanol–water partition coefficient (Wildman–Crippen LogP) is 4.75. The zero-order valence-corrected chi connectivity index (χ0v) is 15.6. The maximum atomic E-state index is 12.8. The van der Waals surface area contributed by atoms with E-state index in [4.69, 9.17) is 4.42 Å². The van der Waals surface area contributed by atoms with Crippen LogP contribution in [-0.2, 0) is 0 Å². The van der Waals surface area contributed by atoms with Gasteiger partial charge in [-0.3, -0.25) is 14.9 Å². The number of fused-ring (bicyclic) bond motifs is 1. The van der Waals surface area contributed by atoms with Crippen molar-refractivity contribution in [1.82, 2.24) is 4.90 Å². The molecule has 28 heavy (non-hydrogen) atoms. The van der Waals surface area contributed by atoms with Crippen LogP contribution in [0.5, 0.6) is 0 Å². The van der Waals surface area contributed by atoms with Gasteiger partial charge in [0.05, 0.1) is 11.0 Å². The Morgan fingerprint density at radius 2 is 1.93 bits per heavy atom. The maximum absolute atomic E-state index is 12.8. The van der Waals surface area contributed by atoms with Crippen molar-refractivity contribution >= 4 is 28.3 Å². The van der Waals surface area contributed by atoms with Gasteiger partial charge in [-0.15, -0.1) is 0 Å². The number of hydrogen-bond acceptors (Lipinski definition) is 5. The fourth-order valence-corrected chi connectivity index (χ4v) is 3.58. The normalized spacial score (nSPS) is 15.0. The van der Waals surface area contributed by atoms with Gasteiger partial charge in [0, 0.05) is 30.2 Å². The number of rotatable bonds is 5. The Hall–Kier alpha value is -3.35. The Labute approximate surface area is 162 Å². The van der Waals surface area contributed by atoms with Gasteiger partial charge >= 0.3 is 0 Å². The van der Waals surface area contributed by atoms with Crippen LogP contribution < -0.4 is 5.32 Å². The van der Waals surface area contributed by atoms with Crippen molar-refractivity contribution in [2.24, 2.45) is 0 Å². The van der Waals surface area contributed by atoms with E-state index < -0.39 is 4.92 Å². The molecule has 3 aromatic rings. The number of nitro benzene ring substituents is 1. The van der Waals surface area contributed by atoms with E-state index in [1.807, 2.05) is 37.3 Å². The van der Waals surface area contributed by atoms with Crippen molar-refractivity contribution in [3.8, 4) is 0 Å². The Morgan fingerprint density at radius 3 is 2.64 bits per heavy atom. The zero-order chi connectivity index (χ0) is 19.7. The number of benzene rings is 2. The minimum atomic E-state index is -0.504. The molecule has 1 amide bonds. The number of nitro groups is 1. The largest absolute Gasteiger partial charge is 0.459 e. The summed E-state index contributed by atoms with van der Waals surface area (Å²) in [6.07, 6.45) is 1.86. The van der Waals surface area contributed by atoms with Crippen molar-refractivity contribution < 1.29 is 14.1 Å². The van der Waals surface area contributed by atoms with Crippen molar-refractivity contribution in [1.29, 1.82) is 0 Å². The minimum Gasteiger partial charge on any atom is -0.459 e. The summed E-state index contributed by atoms with van der Waals surface area (Å²) in [5.41, 5.74) is 1.40. The van der Waals surface area contributed by atoms with Crippen LogP contribution in [0.25, 0.3) is 11.0 Å². The van der Waals surface area contributed by atoms with Gasteiger partial charge in [-0.2, -0.15) is 0 Å². The highest BCUT2D eigenvalue weighted by atomic mass is 16.6. The molecule has 1 N–H and O–H groups in total. The lowest BCUT2D eigenvalue weighted by molar-refractivity contribution is -0.385. The first-order chi connectivity index (χ1) is 13.5. The molecular weight excluding hydrogens is 358 g/mol. The average molecular weight is 379 g/mol. The zero-order valence-electron chi connectivity index (χ0n) is 15.6. The van der Waals surface area contributed by atoms with E-state index in [1.165, 1.54) is 6.07 Å². The summed E-state index contributed by atoms with van der Waals surface area (Å²) in [4.78, 5) is 25.3. The van der Waals surface area contributed by atoms with Gasteiger partial charge in [0.25, 0.3) is 11.6 Å². The molecule has 0 bridgehead atoms. The number of para-hydroxylation sites is 1. The second-order valence-corrected chi connectivity index (χ2v) is 7.04. The van der Waals surface area contributed by atoms with Crippen LogP contribution >= 0.6 is 0 Å².